The molecule has 136 valence electrons. The van der Waals surface area contributed by atoms with E-state index >= 15 is 0 Å². The first-order chi connectivity index (χ1) is 11.3. The predicted molar refractivity (Wildman–Crippen MR) is 114 cm³/mol. The Hall–Kier alpha value is 2.74. The molecule has 0 saturated carbocycles. The van der Waals surface area contributed by atoms with Crippen LogP contribution >= 0.6 is 55.8 Å². The van der Waals surface area contributed by atoms with Crippen molar-refractivity contribution in [2.75, 3.05) is 78.5 Å². The Balaban J connectivity index is 0.000000101. The number of hydrogen-bond donors (Lipinski definition) is 0. The van der Waals surface area contributed by atoms with E-state index in [0.717, 1.165) is 10.8 Å². The van der Waals surface area contributed by atoms with E-state index in [4.69, 9.17) is 0 Å². The van der Waals surface area contributed by atoms with Gasteiger partial charge in [0.25, 0.3) is 0 Å². The third kappa shape index (κ3) is 6.39. The molecule has 0 bridgehead atoms. The van der Waals surface area contributed by atoms with Gasteiger partial charge in [-0.2, -0.15) is 0 Å². The summed E-state index contributed by atoms with van der Waals surface area (Å²) in [4.78, 5) is 0. The Bertz CT molecular complexity index is 310. The van der Waals surface area contributed by atoms with Crippen molar-refractivity contribution in [3.63, 3.8) is 0 Å². The molecule has 11 heteroatoms. The Kier molecular flexibility index (Phi) is 7.32. The monoisotopic (exact) mass is 676 g/mol. The molecule has 0 atom stereocenters. The van der Waals surface area contributed by atoms with Gasteiger partial charge in [-0.05, 0) is 0 Å². The first kappa shape index (κ1) is 19.1. The van der Waals surface area contributed by atoms with E-state index in [1.165, 1.54) is 78.5 Å². The topological polar surface area (TPSA) is 18.1 Å². The summed E-state index contributed by atoms with van der Waals surface area (Å²) in [6.07, 6.45) is 0. The van der Waals surface area contributed by atoms with Gasteiger partial charge in [-0.1, -0.05) is 0 Å². The maximum atomic E-state index is 2.64. The van der Waals surface area contributed by atoms with Crippen LogP contribution in [0.2, 0.25) is 0 Å². The third-order valence-electron chi connectivity index (χ3n) is 4.38. The summed E-state index contributed by atoms with van der Waals surface area (Å²) < 4.78 is 15.9. The molecule has 0 aromatic heterocycles. The van der Waals surface area contributed by atoms with E-state index in [9.17, 15) is 0 Å². The number of nitrogens with zero attached hydrogens (tertiary/aromatic N) is 6. The SMILES string of the molecule is C1CN1[PH+](N1CC1)N1CC1.C1CN1[PH+](N1CC1)N1CC1.[I][Pd][I]. The van der Waals surface area contributed by atoms with E-state index in [1.54, 1.807) is 0 Å². The molecule has 0 aromatic rings. The molecule has 0 N–H and O–H groups in total. The zero-order chi connectivity index (χ0) is 15.8. The quantitative estimate of drug-likeness (QED) is 0.183. The molecule has 6 fully saturated rings. The minimum absolute atomic E-state index is 0.262. The Morgan fingerprint density at radius 1 is 0.435 bits per heavy atom. The average molecular weight is 677 g/mol. The summed E-state index contributed by atoms with van der Waals surface area (Å²) in [5.74, 6) is 0. The van der Waals surface area contributed by atoms with E-state index in [2.05, 4.69) is 67.1 Å². The van der Waals surface area contributed by atoms with Gasteiger partial charge in [0.2, 0.25) is 16.7 Å². The maximum absolute atomic E-state index is 2.64. The van der Waals surface area contributed by atoms with Crippen LogP contribution in [0.15, 0.2) is 0 Å². The standard InChI is InChI=1S/2C6H12N3P.2HI.Pd/c2*1-2-7(1)10(8-3-4-8)9-5-6-9;;;/h2*1-6H2;2*1H;/q;;;;+2. The normalized spacial score (nSPS) is 29.9. The second kappa shape index (κ2) is 8.83. The molecule has 0 amide bonds. The fourth-order valence-corrected chi connectivity index (χ4v) is 8.10. The predicted octanol–water partition coefficient (Wildman–Crippen LogP) is 1.55. The number of rotatable bonds is 6. The fraction of sp³-hybridized carbons (Fsp3) is 1.00. The summed E-state index contributed by atoms with van der Waals surface area (Å²) >= 11 is 4.65. The van der Waals surface area contributed by atoms with Gasteiger partial charge >= 0.3 is 49.8 Å². The van der Waals surface area contributed by atoms with E-state index < -0.39 is 0 Å². The number of hydrogen-bond acceptors (Lipinski definition) is 6. The van der Waals surface area contributed by atoms with E-state index in [-0.39, 0.29) is 16.7 Å². The first-order valence-electron chi connectivity index (χ1n) is 8.38. The van der Waals surface area contributed by atoms with Crippen molar-refractivity contribution in [2.24, 2.45) is 0 Å². The molecule has 0 radical (unpaired) electrons. The molecule has 6 heterocycles. The molecular weight excluding hydrogens is 650 g/mol. The molecule has 6 nitrogen and oxygen atoms in total. The van der Waals surface area contributed by atoms with Gasteiger partial charge < -0.3 is 0 Å². The van der Waals surface area contributed by atoms with Gasteiger partial charge in [-0.3, -0.25) is 0 Å². The van der Waals surface area contributed by atoms with Crippen LogP contribution < -0.4 is 0 Å². The van der Waals surface area contributed by atoms with Gasteiger partial charge in [0, 0.05) is 0 Å². The molecule has 6 aliphatic rings. The van der Waals surface area contributed by atoms with E-state index in [1.807, 2.05) is 0 Å². The Morgan fingerprint density at radius 2 is 0.565 bits per heavy atom. The van der Waals surface area contributed by atoms with E-state index in [0.29, 0.717) is 0 Å². The molecule has 6 aliphatic heterocycles. The van der Waals surface area contributed by atoms with Crippen LogP contribution in [-0.2, 0) is 10.8 Å². The molecular formula is C12H26I2N6P2Pd+2. The van der Waals surface area contributed by atoms with Crippen LogP contribution in [0.4, 0.5) is 0 Å². The zero-order valence-corrected chi connectivity index (χ0v) is 21.1. The van der Waals surface area contributed by atoms with Crippen molar-refractivity contribution < 1.29 is 10.8 Å². The fourth-order valence-electron chi connectivity index (χ4n) is 2.70. The van der Waals surface area contributed by atoms with Crippen LogP contribution in [0.1, 0.15) is 0 Å². The van der Waals surface area contributed by atoms with Gasteiger partial charge in [0.1, 0.15) is 0 Å². The van der Waals surface area contributed by atoms with Crippen LogP contribution in [0.5, 0.6) is 0 Å². The molecule has 6 saturated heterocycles. The van der Waals surface area contributed by atoms with Gasteiger partial charge in [0.05, 0.1) is 78.5 Å². The Morgan fingerprint density at radius 3 is 0.652 bits per heavy atom. The summed E-state index contributed by atoms with van der Waals surface area (Å²) in [5.41, 5.74) is 0. The summed E-state index contributed by atoms with van der Waals surface area (Å²) in [6, 6.07) is 0. The second-order valence-electron chi connectivity index (χ2n) is 6.57. The van der Waals surface area contributed by atoms with Crippen molar-refractivity contribution in [1.82, 2.24) is 28.0 Å². The van der Waals surface area contributed by atoms with Crippen molar-refractivity contribution in [3.05, 3.63) is 0 Å². The third-order valence-corrected chi connectivity index (χ3v) is 10.5. The van der Waals surface area contributed by atoms with Crippen LogP contribution in [0.3, 0.4) is 0 Å². The first-order valence-corrected chi connectivity index (χ1v) is 20.3. The summed E-state index contributed by atoms with van der Waals surface area (Å²) in [7, 11) is 0.365. The minimum atomic E-state index is -0.262. The van der Waals surface area contributed by atoms with Crippen molar-refractivity contribution in [3.8, 4) is 0 Å². The molecule has 0 spiro atoms. The van der Waals surface area contributed by atoms with Crippen molar-refractivity contribution >= 4 is 55.8 Å². The zero-order valence-electron chi connectivity index (χ0n) is 13.2. The molecule has 6 rings (SSSR count). The second-order valence-corrected chi connectivity index (χ2v) is 23.5. The van der Waals surface area contributed by atoms with Gasteiger partial charge in [-0.15, -0.1) is 28.0 Å². The molecule has 0 aromatic carbocycles. The molecule has 0 aliphatic carbocycles. The molecule has 23 heavy (non-hydrogen) atoms. The molecule has 0 unspecified atom stereocenters. The van der Waals surface area contributed by atoms with Crippen molar-refractivity contribution in [1.29, 1.82) is 0 Å². The summed E-state index contributed by atoms with van der Waals surface area (Å²) in [5, 5.41) is 0. The van der Waals surface area contributed by atoms with Crippen molar-refractivity contribution in [2.45, 2.75) is 0 Å². The van der Waals surface area contributed by atoms with Crippen LogP contribution in [0, 0.1) is 0 Å². The summed E-state index contributed by atoms with van der Waals surface area (Å²) in [6.45, 7) is 16.5. The Labute approximate surface area is 171 Å². The van der Waals surface area contributed by atoms with Gasteiger partial charge in [-0.25, -0.2) is 0 Å². The van der Waals surface area contributed by atoms with Gasteiger partial charge in [0.15, 0.2) is 0 Å². The average Bonchev–Trinajstić information content (AvgIpc) is 3.38. The van der Waals surface area contributed by atoms with Crippen LogP contribution in [-0.4, -0.2) is 107 Å². The number of halogens is 2. The van der Waals surface area contributed by atoms with Crippen LogP contribution in [0.25, 0.3) is 0 Å².